The quantitative estimate of drug-likeness (QED) is 0.563. The molecule has 2 fully saturated rings. The lowest BCUT2D eigenvalue weighted by Crippen LogP contribution is -2.53. The number of hydrogen-bond acceptors (Lipinski definition) is 5. The van der Waals surface area contributed by atoms with Crippen molar-refractivity contribution in [1.29, 1.82) is 0 Å². The summed E-state index contributed by atoms with van der Waals surface area (Å²) in [6, 6.07) is 6.84. The molecule has 0 aliphatic carbocycles. The molecule has 0 N–H and O–H groups in total. The van der Waals surface area contributed by atoms with E-state index in [2.05, 4.69) is 0 Å². The number of carbonyl (C=O) groups excluding carboxylic acids is 2. The zero-order valence-corrected chi connectivity index (χ0v) is 20.1. The Hall–Kier alpha value is -1.84. The van der Waals surface area contributed by atoms with Crippen LogP contribution in [0.4, 0.5) is 0 Å². The molecule has 2 amide bonds. The van der Waals surface area contributed by atoms with Gasteiger partial charge in [-0.1, -0.05) is 24.9 Å². The Morgan fingerprint density at radius 2 is 1.59 bits per heavy atom. The van der Waals surface area contributed by atoms with Crippen LogP contribution in [0.1, 0.15) is 32.6 Å². The first kappa shape index (κ1) is 24.8. The highest BCUT2D eigenvalue weighted by atomic mass is 35.5. The van der Waals surface area contributed by atoms with E-state index in [0.717, 1.165) is 6.42 Å². The van der Waals surface area contributed by atoms with Crippen LogP contribution in [0.5, 0.6) is 5.75 Å². The van der Waals surface area contributed by atoms with Gasteiger partial charge in [-0.15, -0.1) is 0 Å². The van der Waals surface area contributed by atoms with E-state index in [9.17, 15) is 18.0 Å². The number of halogens is 1. The molecule has 10 heteroatoms. The van der Waals surface area contributed by atoms with Gasteiger partial charge in [-0.2, -0.15) is 0 Å². The zero-order chi connectivity index (χ0) is 23.1. The highest BCUT2D eigenvalue weighted by Crippen LogP contribution is 2.23. The topological polar surface area (TPSA) is 87.2 Å². The third-order valence-electron chi connectivity index (χ3n) is 6.07. The molecule has 32 heavy (non-hydrogen) atoms. The highest BCUT2D eigenvalue weighted by molar-refractivity contribution is 7.89. The van der Waals surface area contributed by atoms with Crippen LogP contribution in [0.15, 0.2) is 24.3 Å². The number of rotatable bonds is 8. The van der Waals surface area contributed by atoms with Gasteiger partial charge in [-0.05, 0) is 43.5 Å². The highest BCUT2D eigenvalue weighted by Gasteiger charge is 2.34. The number of hydrogen-bond donors (Lipinski definition) is 0. The normalized spacial score (nSPS) is 18.6. The fourth-order valence-electron chi connectivity index (χ4n) is 4.04. The maximum absolute atomic E-state index is 12.9. The number of amides is 2. The standard InChI is InChI=1S/C22H32ClN3O5S/c1-2-3-16-32(29,30)26-10-8-18(9-11-26)22(28)25-14-12-24(13-15-25)21(27)17-31-20-6-4-19(23)5-7-20/h4-7,18H,2-3,8-17H2,1H3. The van der Waals surface area contributed by atoms with E-state index in [4.69, 9.17) is 16.3 Å². The van der Waals surface area contributed by atoms with E-state index >= 15 is 0 Å². The number of sulfonamides is 1. The third-order valence-corrected chi connectivity index (χ3v) is 8.28. The predicted molar refractivity (Wildman–Crippen MR) is 123 cm³/mol. The first-order chi connectivity index (χ1) is 15.3. The summed E-state index contributed by atoms with van der Waals surface area (Å²) < 4.78 is 31.8. The van der Waals surface area contributed by atoms with Crippen LogP contribution >= 0.6 is 11.6 Å². The Labute approximate surface area is 195 Å². The summed E-state index contributed by atoms with van der Waals surface area (Å²) >= 11 is 5.84. The molecule has 0 atom stereocenters. The molecule has 0 radical (unpaired) electrons. The molecule has 3 rings (SSSR count). The van der Waals surface area contributed by atoms with Gasteiger partial charge < -0.3 is 14.5 Å². The van der Waals surface area contributed by atoms with Crippen molar-refractivity contribution >= 4 is 33.4 Å². The summed E-state index contributed by atoms with van der Waals surface area (Å²) in [7, 11) is -3.22. The van der Waals surface area contributed by atoms with Crippen LogP contribution in [0.3, 0.4) is 0 Å². The van der Waals surface area contributed by atoms with Gasteiger partial charge in [-0.3, -0.25) is 9.59 Å². The number of ether oxygens (including phenoxy) is 1. The third kappa shape index (κ3) is 6.59. The number of nitrogens with zero attached hydrogens (tertiary/aromatic N) is 3. The van der Waals surface area contributed by atoms with Gasteiger partial charge in [-0.25, -0.2) is 12.7 Å². The molecule has 0 saturated carbocycles. The van der Waals surface area contributed by atoms with E-state index in [1.165, 1.54) is 4.31 Å². The number of unbranched alkanes of at least 4 members (excludes halogenated alkanes) is 1. The van der Waals surface area contributed by atoms with Gasteiger partial charge in [0.15, 0.2) is 6.61 Å². The second-order valence-electron chi connectivity index (χ2n) is 8.29. The molecular formula is C22H32ClN3O5S. The van der Waals surface area contributed by atoms with Gasteiger partial charge >= 0.3 is 0 Å². The number of piperazine rings is 1. The van der Waals surface area contributed by atoms with Gasteiger partial charge in [0.25, 0.3) is 5.91 Å². The second-order valence-corrected chi connectivity index (χ2v) is 10.8. The van der Waals surface area contributed by atoms with E-state index in [1.54, 1.807) is 34.1 Å². The lowest BCUT2D eigenvalue weighted by Gasteiger charge is -2.38. The molecule has 178 valence electrons. The molecule has 2 saturated heterocycles. The van der Waals surface area contributed by atoms with Crippen LogP contribution in [-0.4, -0.2) is 86.0 Å². The Kier molecular flexibility index (Phi) is 8.79. The average Bonchev–Trinajstić information content (AvgIpc) is 2.82. The predicted octanol–water partition coefficient (Wildman–Crippen LogP) is 2.23. The fourth-order valence-corrected chi connectivity index (χ4v) is 5.84. The smallest absolute Gasteiger partial charge is 0.260 e. The Bertz CT molecular complexity index is 877. The van der Waals surface area contributed by atoms with Gasteiger partial charge in [0, 0.05) is 50.2 Å². The molecule has 0 bridgehead atoms. The largest absolute Gasteiger partial charge is 0.484 e. The maximum Gasteiger partial charge on any atom is 0.260 e. The molecule has 0 aromatic heterocycles. The summed E-state index contributed by atoms with van der Waals surface area (Å²) in [6.45, 7) is 4.64. The fraction of sp³-hybridized carbons (Fsp3) is 0.636. The Morgan fingerprint density at radius 1 is 1.00 bits per heavy atom. The molecule has 8 nitrogen and oxygen atoms in total. The van der Waals surface area contributed by atoms with Gasteiger partial charge in [0.2, 0.25) is 15.9 Å². The zero-order valence-electron chi connectivity index (χ0n) is 18.5. The summed E-state index contributed by atoms with van der Waals surface area (Å²) in [5, 5.41) is 0.605. The Balaban J connectivity index is 1.40. The lowest BCUT2D eigenvalue weighted by molar-refractivity contribution is -0.143. The van der Waals surface area contributed by atoms with Crippen molar-refractivity contribution in [3.8, 4) is 5.75 Å². The van der Waals surface area contributed by atoms with Gasteiger partial charge in [0.1, 0.15) is 5.75 Å². The first-order valence-electron chi connectivity index (χ1n) is 11.2. The van der Waals surface area contributed by atoms with Crippen molar-refractivity contribution < 1.29 is 22.7 Å². The monoisotopic (exact) mass is 485 g/mol. The van der Waals surface area contributed by atoms with Crippen LogP contribution in [0.2, 0.25) is 5.02 Å². The minimum Gasteiger partial charge on any atom is -0.484 e. The van der Waals surface area contributed by atoms with Crippen LogP contribution in [0.25, 0.3) is 0 Å². The summed E-state index contributed by atoms with van der Waals surface area (Å²) in [5.41, 5.74) is 0. The maximum atomic E-state index is 12.9. The van der Waals surface area contributed by atoms with E-state index < -0.39 is 10.0 Å². The minimum absolute atomic E-state index is 0.0550. The second kappa shape index (κ2) is 11.3. The molecule has 0 unspecified atom stereocenters. The van der Waals surface area contributed by atoms with Crippen LogP contribution < -0.4 is 4.74 Å². The van der Waals surface area contributed by atoms with Crippen molar-refractivity contribution in [3.05, 3.63) is 29.3 Å². The van der Waals surface area contributed by atoms with Crippen LogP contribution in [0, 0.1) is 5.92 Å². The molecule has 2 aliphatic rings. The average molecular weight is 486 g/mol. The summed E-state index contributed by atoms with van der Waals surface area (Å²) in [6.07, 6.45) is 2.61. The van der Waals surface area contributed by atoms with E-state index in [1.807, 2.05) is 6.92 Å². The van der Waals surface area contributed by atoms with Crippen molar-refractivity contribution in [2.24, 2.45) is 5.92 Å². The van der Waals surface area contributed by atoms with Crippen molar-refractivity contribution in [2.45, 2.75) is 32.6 Å². The number of piperidine rings is 1. The Morgan fingerprint density at radius 3 is 2.19 bits per heavy atom. The molecular weight excluding hydrogens is 454 g/mol. The number of benzene rings is 1. The minimum atomic E-state index is -3.22. The summed E-state index contributed by atoms with van der Waals surface area (Å²) in [5.74, 6) is 0.570. The molecule has 1 aromatic carbocycles. The van der Waals surface area contributed by atoms with E-state index in [-0.39, 0.29) is 30.1 Å². The molecule has 2 heterocycles. The van der Waals surface area contributed by atoms with Crippen molar-refractivity contribution in [3.63, 3.8) is 0 Å². The number of carbonyl (C=O) groups is 2. The molecule has 0 spiro atoms. The SMILES string of the molecule is CCCCS(=O)(=O)N1CCC(C(=O)N2CCN(C(=O)COc3ccc(Cl)cc3)CC2)CC1. The lowest BCUT2D eigenvalue weighted by atomic mass is 9.96. The first-order valence-corrected chi connectivity index (χ1v) is 13.2. The van der Waals surface area contributed by atoms with E-state index in [0.29, 0.717) is 69.3 Å². The van der Waals surface area contributed by atoms with Crippen LogP contribution in [-0.2, 0) is 19.6 Å². The van der Waals surface area contributed by atoms with Crippen molar-refractivity contribution in [2.75, 3.05) is 51.6 Å². The van der Waals surface area contributed by atoms with Crippen molar-refractivity contribution in [1.82, 2.24) is 14.1 Å². The molecule has 2 aliphatic heterocycles. The van der Waals surface area contributed by atoms with Gasteiger partial charge in [0.05, 0.1) is 5.75 Å². The summed E-state index contributed by atoms with van der Waals surface area (Å²) in [4.78, 5) is 28.9. The molecule has 1 aromatic rings.